The van der Waals surface area contributed by atoms with Crippen molar-refractivity contribution in [2.45, 2.75) is 78.6 Å². The van der Waals surface area contributed by atoms with Gasteiger partial charge in [-0.15, -0.1) is 0 Å². The summed E-state index contributed by atoms with van der Waals surface area (Å²) < 4.78 is 6.11. The average molecular weight is 228 g/mol. The maximum Gasteiger partial charge on any atom is 0.0684 e. The molecular formula is C14H28O2. The molecule has 96 valence electrons. The van der Waals surface area contributed by atoms with Crippen LogP contribution in [0.4, 0.5) is 0 Å². The van der Waals surface area contributed by atoms with Crippen LogP contribution in [-0.2, 0) is 4.74 Å². The average Bonchev–Trinajstić information content (AvgIpc) is 2.18. The summed E-state index contributed by atoms with van der Waals surface area (Å²) in [7, 11) is 0. The standard InChI is InChI=1S/C14H28O2/c1-6-14(7-2)12(15)9-13(14)16-11(5)8-10(3)4/h10-13,15H,6-9H2,1-5H3. The largest absolute Gasteiger partial charge is 0.392 e. The molecule has 1 aliphatic rings. The summed E-state index contributed by atoms with van der Waals surface area (Å²) in [6, 6.07) is 0. The summed E-state index contributed by atoms with van der Waals surface area (Å²) in [5.41, 5.74) is 0.0330. The van der Waals surface area contributed by atoms with Gasteiger partial charge in [-0.2, -0.15) is 0 Å². The number of hydrogen-bond acceptors (Lipinski definition) is 2. The first kappa shape index (κ1) is 14.0. The van der Waals surface area contributed by atoms with Gasteiger partial charge in [0, 0.05) is 11.8 Å². The van der Waals surface area contributed by atoms with Crippen molar-refractivity contribution >= 4 is 0 Å². The zero-order valence-corrected chi connectivity index (χ0v) is 11.5. The van der Waals surface area contributed by atoms with Gasteiger partial charge in [0.25, 0.3) is 0 Å². The highest BCUT2D eigenvalue weighted by atomic mass is 16.5. The molecule has 1 saturated carbocycles. The van der Waals surface area contributed by atoms with Crippen LogP contribution in [0.5, 0.6) is 0 Å². The summed E-state index contributed by atoms with van der Waals surface area (Å²) >= 11 is 0. The van der Waals surface area contributed by atoms with Gasteiger partial charge in [0.2, 0.25) is 0 Å². The van der Waals surface area contributed by atoms with Gasteiger partial charge in [-0.3, -0.25) is 0 Å². The SMILES string of the molecule is CCC1(CC)C(O)CC1OC(C)CC(C)C. The minimum absolute atomic E-state index is 0.0330. The Balaban J connectivity index is 2.49. The van der Waals surface area contributed by atoms with Gasteiger partial charge in [0.05, 0.1) is 18.3 Å². The summed E-state index contributed by atoms with van der Waals surface area (Å²) in [6.07, 6.45) is 4.40. The number of aliphatic hydroxyl groups excluding tert-OH is 1. The normalized spacial score (nSPS) is 30.2. The Morgan fingerprint density at radius 2 is 1.81 bits per heavy atom. The first-order chi connectivity index (χ1) is 7.46. The zero-order valence-electron chi connectivity index (χ0n) is 11.5. The lowest BCUT2D eigenvalue weighted by molar-refractivity contribution is -0.212. The highest BCUT2D eigenvalue weighted by Gasteiger charge is 2.53. The molecule has 0 aromatic carbocycles. The second-order valence-electron chi connectivity index (χ2n) is 5.76. The van der Waals surface area contributed by atoms with Crippen LogP contribution in [0, 0.1) is 11.3 Å². The lowest BCUT2D eigenvalue weighted by Crippen LogP contribution is -2.58. The van der Waals surface area contributed by atoms with Gasteiger partial charge >= 0.3 is 0 Å². The molecule has 0 radical (unpaired) electrons. The molecule has 0 saturated heterocycles. The summed E-state index contributed by atoms with van der Waals surface area (Å²) in [6.45, 7) is 10.9. The molecule has 2 nitrogen and oxygen atoms in total. The maximum atomic E-state index is 9.94. The predicted molar refractivity (Wildman–Crippen MR) is 67.4 cm³/mol. The number of ether oxygens (including phenoxy) is 1. The Hall–Kier alpha value is -0.0800. The van der Waals surface area contributed by atoms with E-state index in [9.17, 15) is 5.11 Å². The Bertz CT molecular complexity index is 209. The van der Waals surface area contributed by atoms with Crippen molar-refractivity contribution in [1.29, 1.82) is 0 Å². The highest BCUT2D eigenvalue weighted by Crippen LogP contribution is 2.49. The Kier molecular flexibility index (Phi) is 4.81. The van der Waals surface area contributed by atoms with Crippen LogP contribution in [0.2, 0.25) is 0 Å². The van der Waals surface area contributed by atoms with E-state index in [4.69, 9.17) is 4.74 Å². The molecule has 16 heavy (non-hydrogen) atoms. The maximum absolute atomic E-state index is 9.94. The van der Waals surface area contributed by atoms with Crippen molar-refractivity contribution in [2.75, 3.05) is 0 Å². The van der Waals surface area contributed by atoms with Crippen molar-refractivity contribution < 1.29 is 9.84 Å². The van der Waals surface area contributed by atoms with Crippen molar-refractivity contribution in [3.8, 4) is 0 Å². The van der Waals surface area contributed by atoms with Gasteiger partial charge in [-0.1, -0.05) is 27.7 Å². The molecule has 0 bridgehead atoms. The summed E-state index contributed by atoms with van der Waals surface area (Å²) in [4.78, 5) is 0. The molecule has 0 aromatic heterocycles. The van der Waals surface area contributed by atoms with Gasteiger partial charge in [0.15, 0.2) is 0 Å². The van der Waals surface area contributed by atoms with E-state index in [0.717, 1.165) is 25.7 Å². The molecule has 3 unspecified atom stereocenters. The highest BCUT2D eigenvalue weighted by molar-refractivity contribution is 5.02. The third-order valence-electron chi connectivity index (χ3n) is 4.26. The molecule has 1 aliphatic carbocycles. The van der Waals surface area contributed by atoms with Crippen LogP contribution in [0.25, 0.3) is 0 Å². The number of rotatable bonds is 6. The van der Waals surface area contributed by atoms with Gasteiger partial charge in [-0.05, 0) is 32.1 Å². The second kappa shape index (κ2) is 5.50. The molecule has 0 amide bonds. The Morgan fingerprint density at radius 1 is 1.25 bits per heavy atom. The molecule has 0 aliphatic heterocycles. The first-order valence-corrected chi connectivity index (χ1v) is 6.79. The quantitative estimate of drug-likeness (QED) is 0.755. The van der Waals surface area contributed by atoms with Crippen LogP contribution >= 0.6 is 0 Å². The minimum atomic E-state index is -0.154. The molecule has 1 rings (SSSR count). The third-order valence-corrected chi connectivity index (χ3v) is 4.26. The fraction of sp³-hybridized carbons (Fsp3) is 1.00. The Morgan fingerprint density at radius 3 is 2.19 bits per heavy atom. The molecule has 0 aromatic rings. The molecule has 0 heterocycles. The predicted octanol–water partition coefficient (Wildman–Crippen LogP) is 3.38. The van der Waals surface area contributed by atoms with E-state index in [2.05, 4.69) is 34.6 Å². The smallest absolute Gasteiger partial charge is 0.0684 e. The number of hydrogen-bond donors (Lipinski definition) is 1. The summed E-state index contributed by atoms with van der Waals surface area (Å²) in [5, 5.41) is 9.94. The van der Waals surface area contributed by atoms with Crippen molar-refractivity contribution in [1.82, 2.24) is 0 Å². The topological polar surface area (TPSA) is 29.5 Å². The van der Waals surface area contributed by atoms with Crippen molar-refractivity contribution in [2.24, 2.45) is 11.3 Å². The van der Waals surface area contributed by atoms with E-state index >= 15 is 0 Å². The van der Waals surface area contributed by atoms with Crippen LogP contribution in [0.3, 0.4) is 0 Å². The summed E-state index contributed by atoms with van der Waals surface area (Å²) in [5.74, 6) is 0.678. The fourth-order valence-corrected chi connectivity index (χ4v) is 3.09. The Labute approximate surface area is 100 Å². The van der Waals surface area contributed by atoms with Crippen LogP contribution in [-0.4, -0.2) is 23.4 Å². The van der Waals surface area contributed by atoms with E-state index in [1.807, 2.05) is 0 Å². The first-order valence-electron chi connectivity index (χ1n) is 6.79. The second-order valence-corrected chi connectivity index (χ2v) is 5.76. The third kappa shape index (κ3) is 2.60. The molecule has 1 fully saturated rings. The van der Waals surface area contributed by atoms with Crippen molar-refractivity contribution in [3.05, 3.63) is 0 Å². The van der Waals surface area contributed by atoms with E-state index < -0.39 is 0 Å². The van der Waals surface area contributed by atoms with E-state index in [0.29, 0.717) is 12.0 Å². The lowest BCUT2D eigenvalue weighted by atomic mass is 9.60. The van der Waals surface area contributed by atoms with Crippen LogP contribution in [0.1, 0.15) is 60.3 Å². The van der Waals surface area contributed by atoms with Gasteiger partial charge < -0.3 is 9.84 Å². The van der Waals surface area contributed by atoms with E-state index in [1.54, 1.807) is 0 Å². The minimum Gasteiger partial charge on any atom is -0.392 e. The van der Waals surface area contributed by atoms with Crippen LogP contribution in [0.15, 0.2) is 0 Å². The van der Waals surface area contributed by atoms with Gasteiger partial charge in [0.1, 0.15) is 0 Å². The molecule has 3 atom stereocenters. The fourth-order valence-electron chi connectivity index (χ4n) is 3.09. The molecule has 0 spiro atoms. The van der Waals surface area contributed by atoms with E-state index in [1.165, 1.54) is 0 Å². The molecule has 1 N–H and O–H groups in total. The number of aliphatic hydroxyl groups is 1. The lowest BCUT2D eigenvalue weighted by Gasteiger charge is -2.53. The van der Waals surface area contributed by atoms with E-state index in [-0.39, 0.29) is 17.6 Å². The van der Waals surface area contributed by atoms with Crippen molar-refractivity contribution in [3.63, 3.8) is 0 Å². The monoisotopic (exact) mass is 228 g/mol. The zero-order chi connectivity index (χ0) is 12.3. The molecular weight excluding hydrogens is 200 g/mol. The van der Waals surface area contributed by atoms with Gasteiger partial charge in [-0.25, -0.2) is 0 Å². The van der Waals surface area contributed by atoms with Crippen LogP contribution < -0.4 is 0 Å². The molecule has 2 heteroatoms.